The van der Waals surface area contributed by atoms with Gasteiger partial charge in [0, 0.05) is 111 Å². The van der Waals surface area contributed by atoms with Gasteiger partial charge in [-0.05, 0) is 105 Å². The van der Waals surface area contributed by atoms with Crippen LogP contribution in [-0.4, -0.2) is 119 Å². The Hall–Kier alpha value is -2.36. The van der Waals surface area contributed by atoms with Gasteiger partial charge in [-0.25, -0.2) is 0 Å². The number of nitrogens with two attached hydrogens (primary N) is 4. The Balaban J connectivity index is 2.43. The van der Waals surface area contributed by atoms with Crippen LogP contribution >= 0.6 is 0 Å². The lowest BCUT2D eigenvalue weighted by atomic mass is 9.76. The van der Waals surface area contributed by atoms with E-state index in [4.69, 9.17) is 22.9 Å². The normalized spacial score (nSPS) is 31.4. The van der Waals surface area contributed by atoms with Gasteiger partial charge in [0.05, 0.1) is 0 Å². The first-order valence-corrected chi connectivity index (χ1v) is 22.3. The fourth-order valence-electron chi connectivity index (χ4n) is 8.88. The van der Waals surface area contributed by atoms with E-state index in [1.54, 1.807) is 0 Å². The zero-order valence-corrected chi connectivity index (χ0v) is 37.5. The van der Waals surface area contributed by atoms with E-state index in [1.165, 1.54) is 0 Å². The van der Waals surface area contributed by atoms with E-state index >= 15 is 0 Å². The van der Waals surface area contributed by atoms with Gasteiger partial charge in [0.2, 0.25) is 23.6 Å². The van der Waals surface area contributed by atoms with Crippen LogP contribution in [-0.2, 0) is 19.2 Å². The smallest absolute Gasteiger partial charge is 0.221 e. The summed E-state index contributed by atoms with van der Waals surface area (Å²) in [6, 6.07) is 0. The number of amides is 4. The SMILES string of the molecule is CCCC(CC)(CCC(CC)(CC)N1CCC(=O)NCCC(C)(N)CCCC(C)(N)CNC(=O)CC1)N1CCC(=O)NCC(C)(N)CCC(C)(N)CNC(=O)CC1. The molecule has 0 spiro atoms. The summed E-state index contributed by atoms with van der Waals surface area (Å²) in [5, 5.41) is 12.4. The van der Waals surface area contributed by atoms with E-state index in [0.29, 0.717) is 97.3 Å². The Bertz CT molecular complexity index is 1230. The molecule has 332 valence electrons. The average molecular weight is 807 g/mol. The van der Waals surface area contributed by atoms with Gasteiger partial charge in [0.25, 0.3) is 0 Å². The standard InChI is InChI=1S/C43H86N10O4/c1-9-18-43(12-4,53-29-16-36(56)50-32-40(7,46)21-22-41(8,47)33-51-37(57)17-30-53)24-23-42(10-2,11-3)52-27-14-34(54)48-26-25-38(5,44)19-13-20-39(6,45)31-49-35(55)15-28-52/h9-33,44-47H2,1-8H3,(H,48,54)(H,49,55)(H,50,56)(H,51,57). The molecule has 2 fully saturated rings. The third kappa shape index (κ3) is 17.8. The van der Waals surface area contributed by atoms with Crippen molar-refractivity contribution < 1.29 is 19.2 Å². The first kappa shape index (κ1) is 50.8. The summed E-state index contributed by atoms with van der Waals surface area (Å²) < 4.78 is 0. The van der Waals surface area contributed by atoms with E-state index < -0.39 is 22.2 Å². The Labute approximate surface area is 346 Å². The highest BCUT2D eigenvalue weighted by Crippen LogP contribution is 2.38. The Morgan fingerprint density at radius 3 is 1.25 bits per heavy atom. The van der Waals surface area contributed by atoms with Crippen LogP contribution in [0.2, 0.25) is 0 Å². The Morgan fingerprint density at radius 2 is 0.842 bits per heavy atom. The van der Waals surface area contributed by atoms with Gasteiger partial charge in [-0.15, -0.1) is 0 Å². The number of carbonyl (C=O) groups is 4. The second-order valence-corrected chi connectivity index (χ2v) is 19.1. The Kier molecular flexibility index (Phi) is 20.4. The van der Waals surface area contributed by atoms with Crippen molar-refractivity contribution in [1.29, 1.82) is 0 Å². The molecule has 0 bridgehead atoms. The summed E-state index contributed by atoms with van der Waals surface area (Å²) in [4.78, 5) is 58.1. The maximum absolute atomic E-state index is 13.4. The maximum atomic E-state index is 13.4. The minimum Gasteiger partial charge on any atom is -0.356 e. The minimum absolute atomic E-state index is 0.0166. The molecular formula is C43H86N10O4. The van der Waals surface area contributed by atoms with Gasteiger partial charge < -0.3 is 44.2 Å². The zero-order chi connectivity index (χ0) is 43.0. The van der Waals surface area contributed by atoms with E-state index in [2.05, 4.69) is 58.8 Å². The van der Waals surface area contributed by atoms with E-state index in [9.17, 15) is 19.2 Å². The predicted octanol–water partition coefficient (Wildman–Crippen LogP) is 3.14. The molecule has 2 aliphatic heterocycles. The molecule has 0 radical (unpaired) electrons. The molecule has 12 N–H and O–H groups in total. The van der Waals surface area contributed by atoms with Crippen LogP contribution in [0.25, 0.3) is 0 Å². The molecule has 14 nitrogen and oxygen atoms in total. The third-order valence-electron chi connectivity index (χ3n) is 13.4. The van der Waals surface area contributed by atoms with Crippen molar-refractivity contribution in [3.05, 3.63) is 0 Å². The largest absolute Gasteiger partial charge is 0.356 e. The summed E-state index contributed by atoms with van der Waals surface area (Å²) in [7, 11) is 0. The highest BCUT2D eigenvalue weighted by Gasteiger charge is 2.41. The van der Waals surface area contributed by atoms with Crippen molar-refractivity contribution in [2.45, 2.75) is 198 Å². The molecule has 57 heavy (non-hydrogen) atoms. The topological polar surface area (TPSA) is 227 Å². The van der Waals surface area contributed by atoms with Crippen LogP contribution in [0.15, 0.2) is 0 Å². The lowest BCUT2D eigenvalue weighted by molar-refractivity contribution is -0.124. The zero-order valence-electron chi connectivity index (χ0n) is 37.5. The summed E-state index contributed by atoms with van der Waals surface area (Å²) >= 11 is 0. The molecule has 2 heterocycles. The number of hydrogen-bond donors (Lipinski definition) is 8. The second-order valence-electron chi connectivity index (χ2n) is 19.1. The molecule has 2 aliphatic rings. The number of rotatable bonds is 10. The van der Waals surface area contributed by atoms with Gasteiger partial charge in [-0.1, -0.05) is 34.1 Å². The molecule has 0 saturated carbocycles. The van der Waals surface area contributed by atoms with Crippen LogP contribution in [0.1, 0.15) is 165 Å². The summed E-state index contributed by atoms with van der Waals surface area (Å²) in [6.45, 7) is 20.3. The molecule has 0 aromatic carbocycles. The van der Waals surface area contributed by atoms with Crippen molar-refractivity contribution in [3.63, 3.8) is 0 Å². The highest BCUT2D eigenvalue weighted by atomic mass is 16.2. The van der Waals surface area contributed by atoms with Gasteiger partial charge >= 0.3 is 0 Å². The van der Waals surface area contributed by atoms with Crippen LogP contribution in [0.3, 0.4) is 0 Å². The van der Waals surface area contributed by atoms with Crippen molar-refractivity contribution in [2.24, 2.45) is 22.9 Å². The van der Waals surface area contributed by atoms with Crippen molar-refractivity contribution in [3.8, 4) is 0 Å². The quantitative estimate of drug-likeness (QED) is 0.161. The molecule has 4 amide bonds. The summed E-state index contributed by atoms with van der Waals surface area (Å²) in [5.41, 5.74) is 23.6. The molecule has 5 unspecified atom stereocenters. The number of hydrogen-bond acceptors (Lipinski definition) is 10. The van der Waals surface area contributed by atoms with Crippen molar-refractivity contribution >= 4 is 23.6 Å². The van der Waals surface area contributed by atoms with Crippen molar-refractivity contribution in [1.82, 2.24) is 31.1 Å². The Morgan fingerprint density at radius 1 is 0.491 bits per heavy atom. The maximum Gasteiger partial charge on any atom is 0.221 e. The van der Waals surface area contributed by atoms with E-state index in [1.807, 2.05) is 27.7 Å². The second kappa shape index (κ2) is 22.9. The molecule has 5 atom stereocenters. The van der Waals surface area contributed by atoms with Crippen LogP contribution in [0.4, 0.5) is 0 Å². The molecule has 14 heteroatoms. The van der Waals surface area contributed by atoms with Crippen molar-refractivity contribution in [2.75, 3.05) is 52.4 Å². The predicted molar refractivity (Wildman–Crippen MR) is 232 cm³/mol. The molecule has 2 saturated heterocycles. The van der Waals surface area contributed by atoms with Gasteiger partial charge in [-0.3, -0.25) is 29.0 Å². The van der Waals surface area contributed by atoms with Crippen LogP contribution in [0, 0.1) is 0 Å². The fraction of sp³-hybridized carbons (Fsp3) is 0.907. The molecule has 0 aliphatic carbocycles. The fourth-order valence-corrected chi connectivity index (χ4v) is 8.88. The molecule has 2 rings (SSSR count). The highest BCUT2D eigenvalue weighted by molar-refractivity contribution is 5.77. The number of carbonyl (C=O) groups excluding carboxylic acids is 4. The monoisotopic (exact) mass is 807 g/mol. The minimum atomic E-state index is -0.628. The molecule has 0 aromatic heterocycles. The number of nitrogens with one attached hydrogen (secondary N) is 4. The van der Waals surface area contributed by atoms with Crippen LogP contribution < -0.4 is 44.2 Å². The van der Waals surface area contributed by atoms with E-state index in [-0.39, 0.29) is 34.7 Å². The summed E-state index contributed by atoms with van der Waals surface area (Å²) in [6.07, 6.45) is 11.5. The summed E-state index contributed by atoms with van der Waals surface area (Å²) in [5.74, 6) is -0.177. The van der Waals surface area contributed by atoms with Gasteiger partial charge in [-0.2, -0.15) is 0 Å². The van der Waals surface area contributed by atoms with Crippen LogP contribution in [0.5, 0.6) is 0 Å². The first-order chi connectivity index (χ1) is 26.6. The first-order valence-electron chi connectivity index (χ1n) is 22.3. The average Bonchev–Trinajstić information content (AvgIpc) is 3.14. The molecule has 0 aromatic rings. The van der Waals surface area contributed by atoms with Gasteiger partial charge in [0.15, 0.2) is 0 Å². The molecular weight excluding hydrogens is 721 g/mol. The third-order valence-corrected chi connectivity index (χ3v) is 13.4. The lowest BCUT2D eigenvalue weighted by Crippen LogP contribution is -2.55. The van der Waals surface area contributed by atoms with Gasteiger partial charge in [0.1, 0.15) is 0 Å². The van der Waals surface area contributed by atoms with E-state index in [0.717, 1.165) is 64.2 Å². The number of nitrogens with zero attached hydrogens (tertiary/aromatic N) is 2. The lowest BCUT2D eigenvalue weighted by Gasteiger charge is -2.49.